The van der Waals surface area contributed by atoms with Crippen LogP contribution in [0, 0.1) is 6.92 Å². The number of anilines is 2. The molecule has 27 heavy (non-hydrogen) atoms. The van der Waals surface area contributed by atoms with Crippen molar-refractivity contribution < 1.29 is 14.2 Å². The van der Waals surface area contributed by atoms with Gasteiger partial charge in [0.15, 0.2) is 17.3 Å². The molecule has 138 valence electrons. The van der Waals surface area contributed by atoms with Crippen LogP contribution in [-0.4, -0.2) is 40.9 Å². The van der Waals surface area contributed by atoms with E-state index in [9.17, 15) is 0 Å². The van der Waals surface area contributed by atoms with Crippen LogP contribution >= 0.6 is 0 Å². The molecule has 2 aromatic carbocycles. The Morgan fingerprint density at radius 2 is 1.70 bits per heavy atom. The van der Waals surface area contributed by atoms with E-state index in [0.717, 1.165) is 22.3 Å². The van der Waals surface area contributed by atoms with Crippen LogP contribution in [0.15, 0.2) is 36.7 Å². The third-order valence-electron chi connectivity index (χ3n) is 4.31. The van der Waals surface area contributed by atoms with Crippen molar-refractivity contribution >= 4 is 28.2 Å². The van der Waals surface area contributed by atoms with Gasteiger partial charge in [-0.3, -0.25) is 4.40 Å². The van der Waals surface area contributed by atoms with Gasteiger partial charge in [-0.15, -0.1) is 10.2 Å². The number of ether oxygens (including phenoxy) is 3. The topological polar surface area (TPSA) is 82.8 Å². The predicted octanol–water partition coefficient (Wildman–Crippen LogP) is 3.36. The summed E-state index contributed by atoms with van der Waals surface area (Å²) >= 11 is 0. The normalized spacial score (nSPS) is 11.0. The minimum absolute atomic E-state index is 0.528. The summed E-state index contributed by atoms with van der Waals surface area (Å²) in [6.07, 6.45) is 1.68. The number of hydrogen-bond donors (Lipinski definition) is 1. The van der Waals surface area contributed by atoms with Crippen LogP contribution < -0.4 is 19.5 Å². The van der Waals surface area contributed by atoms with E-state index < -0.39 is 0 Å². The van der Waals surface area contributed by atoms with Crippen LogP contribution in [0.3, 0.4) is 0 Å². The number of rotatable bonds is 5. The van der Waals surface area contributed by atoms with Gasteiger partial charge in [0, 0.05) is 17.8 Å². The molecule has 0 amide bonds. The first-order chi connectivity index (χ1) is 13.1. The van der Waals surface area contributed by atoms with Crippen molar-refractivity contribution in [1.29, 1.82) is 0 Å². The Morgan fingerprint density at radius 1 is 0.963 bits per heavy atom. The maximum atomic E-state index is 5.41. The van der Waals surface area contributed by atoms with Crippen LogP contribution in [-0.2, 0) is 0 Å². The second-order valence-electron chi connectivity index (χ2n) is 6.02. The third-order valence-corrected chi connectivity index (χ3v) is 4.31. The highest BCUT2D eigenvalue weighted by atomic mass is 16.5. The lowest BCUT2D eigenvalue weighted by Crippen LogP contribution is -2.02. The molecular weight excluding hydrogens is 346 g/mol. The Bertz CT molecular complexity index is 1110. The first-order valence-corrected chi connectivity index (χ1v) is 8.31. The van der Waals surface area contributed by atoms with E-state index in [1.807, 2.05) is 35.6 Å². The standard InChI is InChI=1S/C19H19N5O3/c1-11-5-6-13-14(7-11)24-10-20-23-19(24)18(22-13)21-12-8-15(25-2)17(27-4)16(9-12)26-3/h5-10H,1-4H3,(H,21,22). The fraction of sp³-hybridized carbons (Fsp3) is 0.211. The van der Waals surface area contributed by atoms with Crippen molar-refractivity contribution in [2.24, 2.45) is 0 Å². The second-order valence-corrected chi connectivity index (χ2v) is 6.02. The maximum absolute atomic E-state index is 5.41. The lowest BCUT2D eigenvalue weighted by atomic mass is 10.2. The largest absolute Gasteiger partial charge is 0.493 e. The molecule has 4 aromatic rings. The van der Waals surface area contributed by atoms with Crippen LogP contribution in [0.4, 0.5) is 11.5 Å². The maximum Gasteiger partial charge on any atom is 0.204 e. The first-order valence-electron chi connectivity index (χ1n) is 8.31. The molecule has 0 aliphatic rings. The van der Waals surface area contributed by atoms with E-state index >= 15 is 0 Å². The molecule has 0 unspecified atom stereocenters. The number of benzene rings is 2. The van der Waals surface area contributed by atoms with E-state index in [0.29, 0.717) is 28.7 Å². The highest BCUT2D eigenvalue weighted by Crippen LogP contribution is 2.40. The Labute approximate surface area is 155 Å². The van der Waals surface area contributed by atoms with Gasteiger partial charge < -0.3 is 19.5 Å². The summed E-state index contributed by atoms with van der Waals surface area (Å²) in [7, 11) is 4.73. The van der Waals surface area contributed by atoms with Gasteiger partial charge in [0.05, 0.1) is 32.4 Å². The Kier molecular flexibility index (Phi) is 4.15. The quantitative estimate of drug-likeness (QED) is 0.581. The zero-order valence-electron chi connectivity index (χ0n) is 15.5. The summed E-state index contributed by atoms with van der Waals surface area (Å²) in [4.78, 5) is 4.72. The molecule has 1 N–H and O–H groups in total. The van der Waals surface area contributed by atoms with Crippen molar-refractivity contribution in [3.05, 3.63) is 42.2 Å². The van der Waals surface area contributed by atoms with Gasteiger partial charge >= 0.3 is 0 Å². The molecule has 0 aliphatic heterocycles. The average molecular weight is 365 g/mol. The molecular formula is C19H19N5O3. The van der Waals surface area contributed by atoms with Crippen LogP contribution in [0.5, 0.6) is 17.2 Å². The molecule has 0 aliphatic carbocycles. The number of aryl methyl sites for hydroxylation is 1. The zero-order valence-corrected chi connectivity index (χ0v) is 15.5. The fourth-order valence-corrected chi connectivity index (χ4v) is 3.04. The molecule has 0 atom stereocenters. The minimum atomic E-state index is 0.528. The van der Waals surface area contributed by atoms with Gasteiger partial charge in [-0.05, 0) is 24.6 Å². The Balaban J connectivity index is 1.86. The molecule has 0 saturated heterocycles. The monoisotopic (exact) mass is 365 g/mol. The van der Waals surface area contributed by atoms with Crippen molar-refractivity contribution in [1.82, 2.24) is 19.6 Å². The van der Waals surface area contributed by atoms with Crippen molar-refractivity contribution in [3.63, 3.8) is 0 Å². The average Bonchev–Trinajstić information content (AvgIpc) is 3.18. The number of hydrogen-bond acceptors (Lipinski definition) is 7. The molecule has 2 aromatic heterocycles. The van der Waals surface area contributed by atoms with E-state index in [1.165, 1.54) is 0 Å². The van der Waals surface area contributed by atoms with Crippen LogP contribution in [0.25, 0.3) is 16.7 Å². The van der Waals surface area contributed by atoms with E-state index in [-0.39, 0.29) is 0 Å². The SMILES string of the molecule is COc1cc(Nc2nc3ccc(C)cc3n3cnnc23)cc(OC)c1OC. The summed E-state index contributed by atoms with van der Waals surface area (Å²) in [6.45, 7) is 2.04. The van der Waals surface area contributed by atoms with Crippen LogP contribution in [0.1, 0.15) is 5.56 Å². The molecule has 4 rings (SSSR count). The molecule has 0 spiro atoms. The number of nitrogens with one attached hydrogen (secondary N) is 1. The third kappa shape index (κ3) is 2.84. The van der Waals surface area contributed by atoms with Crippen molar-refractivity contribution in [2.45, 2.75) is 6.92 Å². The van der Waals surface area contributed by atoms with Gasteiger partial charge in [-0.2, -0.15) is 0 Å². The lowest BCUT2D eigenvalue weighted by molar-refractivity contribution is 0.324. The number of fused-ring (bicyclic) bond motifs is 3. The van der Waals surface area contributed by atoms with E-state index in [1.54, 1.807) is 27.7 Å². The number of aromatic nitrogens is 4. The lowest BCUT2D eigenvalue weighted by Gasteiger charge is -2.15. The summed E-state index contributed by atoms with van der Waals surface area (Å²) in [5.41, 5.74) is 4.29. The fourth-order valence-electron chi connectivity index (χ4n) is 3.04. The van der Waals surface area contributed by atoms with Gasteiger partial charge in [0.2, 0.25) is 11.4 Å². The zero-order chi connectivity index (χ0) is 19.0. The summed E-state index contributed by atoms with van der Waals surface area (Å²) in [5, 5.41) is 11.5. The van der Waals surface area contributed by atoms with Gasteiger partial charge in [-0.1, -0.05) is 6.07 Å². The van der Waals surface area contributed by atoms with Gasteiger partial charge in [-0.25, -0.2) is 4.98 Å². The molecule has 0 bridgehead atoms. The molecule has 8 heteroatoms. The predicted molar refractivity (Wildman–Crippen MR) is 102 cm³/mol. The summed E-state index contributed by atoms with van der Waals surface area (Å²) < 4.78 is 18.1. The first kappa shape index (κ1) is 16.9. The van der Waals surface area contributed by atoms with Gasteiger partial charge in [0.25, 0.3) is 0 Å². The van der Waals surface area contributed by atoms with Crippen molar-refractivity contribution in [2.75, 3.05) is 26.6 Å². The molecule has 0 radical (unpaired) electrons. The molecule has 0 saturated carbocycles. The summed E-state index contributed by atoms with van der Waals surface area (Å²) in [6, 6.07) is 9.69. The number of nitrogens with zero attached hydrogens (tertiary/aromatic N) is 4. The molecule has 0 fully saturated rings. The highest BCUT2D eigenvalue weighted by molar-refractivity contribution is 5.85. The van der Waals surface area contributed by atoms with Gasteiger partial charge in [0.1, 0.15) is 6.33 Å². The summed E-state index contributed by atoms with van der Waals surface area (Å²) in [5.74, 6) is 2.21. The molecule has 8 nitrogen and oxygen atoms in total. The van der Waals surface area contributed by atoms with Crippen molar-refractivity contribution in [3.8, 4) is 17.2 Å². The van der Waals surface area contributed by atoms with E-state index in [2.05, 4.69) is 21.6 Å². The Hall–Kier alpha value is -3.55. The smallest absolute Gasteiger partial charge is 0.204 e. The Morgan fingerprint density at radius 3 is 2.37 bits per heavy atom. The molecule has 2 heterocycles. The number of methoxy groups -OCH3 is 3. The van der Waals surface area contributed by atoms with Crippen LogP contribution in [0.2, 0.25) is 0 Å². The van der Waals surface area contributed by atoms with E-state index in [4.69, 9.17) is 19.2 Å². The highest BCUT2D eigenvalue weighted by Gasteiger charge is 2.16. The minimum Gasteiger partial charge on any atom is -0.493 e. The second kappa shape index (κ2) is 6.64.